The number of halogens is 1. The van der Waals surface area contributed by atoms with Crippen molar-refractivity contribution in [2.24, 2.45) is 0 Å². The first-order valence-electron chi connectivity index (χ1n) is 8.72. The van der Waals surface area contributed by atoms with E-state index in [0.29, 0.717) is 13.0 Å². The highest BCUT2D eigenvalue weighted by Crippen LogP contribution is 2.31. The zero-order valence-corrected chi connectivity index (χ0v) is 15.4. The van der Waals surface area contributed by atoms with Gasteiger partial charge in [-0.05, 0) is 11.6 Å². The number of H-pyrrole nitrogens is 1. The topological polar surface area (TPSA) is 63.1 Å². The van der Waals surface area contributed by atoms with E-state index in [-0.39, 0.29) is 5.97 Å². The largest absolute Gasteiger partial charge is 0.469 e. The Morgan fingerprint density at radius 1 is 1.42 bits per heavy atom. The Balaban J connectivity index is 1.45. The van der Waals surface area contributed by atoms with Crippen molar-refractivity contribution < 1.29 is 9.53 Å². The Bertz CT molecular complexity index is 946. The molecule has 0 bridgehead atoms. The van der Waals surface area contributed by atoms with E-state index in [4.69, 9.17) is 11.6 Å². The van der Waals surface area contributed by atoms with Crippen LogP contribution in [0.4, 0.5) is 0 Å². The van der Waals surface area contributed by atoms with Gasteiger partial charge in [0.05, 0.1) is 36.8 Å². The maximum absolute atomic E-state index is 11.2. The van der Waals surface area contributed by atoms with E-state index in [1.807, 2.05) is 24.5 Å². The van der Waals surface area contributed by atoms with Crippen LogP contribution in [-0.2, 0) is 35.6 Å². The van der Waals surface area contributed by atoms with Crippen molar-refractivity contribution in [3.63, 3.8) is 0 Å². The number of aromatic nitrogens is 3. The first-order chi connectivity index (χ1) is 12.6. The molecule has 7 heteroatoms. The number of carbonyl (C=O) groups is 1. The van der Waals surface area contributed by atoms with Gasteiger partial charge >= 0.3 is 5.97 Å². The summed E-state index contributed by atoms with van der Waals surface area (Å²) in [5.41, 5.74) is 4.82. The Morgan fingerprint density at radius 2 is 2.31 bits per heavy atom. The third kappa shape index (κ3) is 3.34. The van der Waals surface area contributed by atoms with Crippen LogP contribution in [0.5, 0.6) is 0 Å². The first-order valence-corrected chi connectivity index (χ1v) is 9.10. The summed E-state index contributed by atoms with van der Waals surface area (Å²) in [6.07, 6.45) is 5.20. The van der Waals surface area contributed by atoms with E-state index < -0.39 is 0 Å². The molecule has 0 radical (unpaired) electrons. The minimum absolute atomic E-state index is 0.219. The van der Waals surface area contributed by atoms with Crippen molar-refractivity contribution in [3.8, 4) is 0 Å². The number of esters is 1. The second-order valence-corrected chi connectivity index (χ2v) is 7.05. The minimum atomic E-state index is -0.219. The van der Waals surface area contributed by atoms with E-state index in [1.54, 1.807) is 4.68 Å². The maximum Gasteiger partial charge on any atom is 0.307 e. The first kappa shape index (κ1) is 17.1. The van der Waals surface area contributed by atoms with Crippen molar-refractivity contribution in [1.82, 2.24) is 19.7 Å². The van der Waals surface area contributed by atoms with Gasteiger partial charge in [0, 0.05) is 48.9 Å². The molecule has 2 aromatic heterocycles. The number of carbonyl (C=O) groups excluding carboxylic acids is 1. The van der Waals surface area contributed by atoms with Crippen LogP contribution in [0.25, 0.3) is 10.9 Å². The normalized spacial score (nSPS) is 14.5. The van der Waals surface area contributed by atoms with Crippen LogP contribution < -0.4 is 0 Å². The Hall–Kier alpha value is -2.31. The predicted molar refractivity (Wildman–Crippen MR) is 100.0 cm³/mol. The second-order valence-electron chi connectivity index (χ2n) is 6.64. The molecule has 1 aliphatic rings. The van der Waals surface area contributed by atoms with Gasteiger partial charge in [-0.1, -0.05) is 23.7 Å². The van der Waals surface area contributed by atoms with Crippen LogP contribution >= 0.6 is 11.6 Å². The lowest BCUT2D eigenvalue weighted by atomic mass is 10.0. The molecule has 3 aromatic rings. The van der Waals surface area contributed by atoms with Gasteiger partial charge in [0.15, 0.2) is 0 Å². The number of rotatable bonds is 5. The lowest BCUT2D eigenvalue weighted by molar-refractivity contribution is -0.140. The number of nitrogens with zero attached hydrogens (tertiary/aromatic N) is 3. The van der Waals surface area contributed by atoms with Gasteiger partial charge in [0.1, 0.15) is 0 Å². The van der Waals surface area contributed by atoms with Gasteiger partial charge < -0.3 is 9.72 Å². The van der Waals surface area contributed by atoms with E-state index >= 15 is 0 Å². The molecule has 4 rings (SSSR count). The highest BCUT2D eigenvalue weighted by molar-refractivity contribution is 6.35. The van der Waals surface area contributed by atoms with E-state index in [0.717, 1.165) is 42.2 Å². The quantitative estimate of drug-likeness (QED) is 0.699. The van der Waals surface area contributed by atoms with Crippen LogP contribution in [0, 0.1) is 0 Å². The van der Waals surface area contributed by atoms with Gasteiger partial charge in [0.2, 0.25) is 0 Å². The molecule has 26 heavy (non-hydrogen) atoms. The molecule has 1 N–H and O–H groups in total. The summed E-state index contributed by atoms with van der Waals surface area (Å²) in [5.74, 6) is -0.219. The lowest BCUT2D eigenvalue weighted by Gasteiger charge is -2.26. The molecule has 1 aromatic carbocycles. The summed E-state index contributed by atoms with van der Waals surface area (Å²) >= 11 is 6.32. The number of benzene rings is 1. The molecule has 0 saturated heterocycles. The fraction of sp³-hybridized carbons (Fsp3) is 0.368. The Labute approximate surface area is 156 Å². The summed E-state index contributed by atoms with van der Waals surface area (Å²) in [5, 5.41) is 6.33. The number of aryl methyl sites for hydroxylation is 1. The molecule has 0 saturated carbocycles. The molecular weight excluding hydrogens is 352 g/mol. The summed E-state index contributed by atoms with van der Waals surface area (Å²) in [6, 6.07) is 6.06. The molecule has 0 atom stereocenters. The summed E-state index contributed by atoms with van der Waals surface area (Å²) < 4.78 is 6.47. The predicted octanol–water partition coefficient (Wildman–Crippen LogP) is 3.14. The number of para-hydroxylation sites is 1. The molecular formula is C19H21ClN4O2. The molecule has 136 valence electrons. The molecule has 0 fully saturated rings. The molecule has 0 aliphatic carbocycles. The van der Waals surface area contributed by atoms with Crippen molar-refractivity contribution in [1.29, 1.82) is 0 Å². The molecule has 0 spiro atoms. The average molecular weight is 373 g/mol. The highest BCUT2D eigenvalue weighted by Gasteiger charge is 2.21. The minimum Gasteiger partial charge on any atom is -0.469 e. The maximum atomic E-state index is 11.2. The van der Waals surface area contributed by atoms with Crippen LogP contribution in [0.15, 0.2) is 30.6 Å². The van der Waals surface area contributed by atoms with Crippen LogP contribution in [0.3, 0.4) is 0 Å². The summed E-state index contributed by atoms with van der Waals surface area (Å²) in [7, 11) is 1.40. The molecule has 6 nitrogen and oxygen atoms in total. The van der Waals surface area contributed by atoms with Gasteiger partial charge in [-0.25, -0.2) is 0 Å². The van der Waals surface area contributed by atoms with E-state index in [1.165, 1.54) is 23.8 Å². The van der Waals surface area contributed by atoms with Crippen LogP contribution in [0.2, 0.25) is 5.02 Å². The van der Waals surface area contributed by atoms with Gasteiger partial charge in [-0.2, -0.15) is 5.10 Å². The number of aromatic amines is 1. The van der Waals surface area contributed by atoms with Gasteiger partial charge in [-0.3, -0.25) is 14.4 Å². The number of hydrogen-bond acceptors (Lipinski definition) is 4. The van der Waals surface area contributed by atoms with Crippen molar-refractivity contribution in [2.75, 3.05) is 13.7 Å². The van der Waals surface area contributed by atoms with Gasteiger partial charge in [0.25, 0.3) is 0 Å². The SMILES string of the molecule is COC(=O)CCn1cc(CN2CCc3[nH]c4c(Cl)cccc4c3C2)cn1. The average Bonchev–Trinajstić information content (AvgIpc) is 3.25. The summed E-state index contributed by atoms with van der Waals surface area (Å²) in [6.45, 7) is 3.26. The number of nitrogens with one attached hydrogen (secondary N) is 1. The standard InChI is InChI=1S/C19H21ClN4O2/c1-26-18(25)6-8-24-11-13(9-21-24)10-23-7-5-17-15(12-23)14-3-2-4-16(20)19(14)22-17/h2-4,9,11,22H,5-8,10,12H2,1H3. The number of hydrogen-bond donors (Lipinski definition) is 1. The van der Waals surface area contributed by atoms with Crippen molar-refractivity contribution in [3.05, 3.63) is 52.4 Å². The molecule has 0 amide bonds. The van der Waals surface area contributed by atoms with Crippen LogP contribution in [0.1, 0.15) is 23.2 Å². The smallest absolute Gasteiger partial charge is 0.307 e. The third-order valence-electron chi connectivity index (χ3n) is 4.90. The van der Waals surface area contributed by atoms with Crippen molar-refractivity contribution in [2.45, 2.75) is 32.5 Å². The third-order valence-corrected chi connectivity index (χ3v) is 5.22. The zero-order valence-electron chi connectivity index (χ0n) is 14.7. The fourth-order valence-electron chi connectivity index (χ4n) is 3.57. The fourth-order valence-corrected chi connectivity index (χ4v) is 3.79. The van der Waals surface area contributed by atoms with Gasteiger partial charge in [-0.15, -0.1) is 0 Å². The molecule has 3 heterocycles. The second kappa shape index (κ2) is 7.13. The number of fused-ring (bicyclic) bond motifs is 3. The zero-order chi connectivity index (χ0) is 18.1. The van der Waals surface area contributed by atoms with E-state index in [9.17, 15) is 4.79 Å². The number of methoxy groups -OCH3 is 1. The molecule has 0 unspecified atom stereocenters. The highest BCUT2D eigenvalue weighted by atomic mass is 35.5. The Morgan fingerprint density at radius 3 is 3.15 bits per heavy atom. The van der Waals surface area contributed by atoms with Crippen molar-refractivity contribution >= 4 is 28.5 Å². The molecule has 1 aliphatic heterocycles. The Kier molecular flexibility index (Phi) is 4.70. The van der Waals surface area contributed by atoms with Crippen LogP contribution in [-0.4, -0.2) is 39.3 Å². The monoisotopic (exact) mass is 372 g/mol. The summed E-state index contributed by atoms with van der Waals surface area (Å²) in [4.78, 5) is 17.1. The number of ether oxygens (including phenoxy) is 1. The lowest BCUT2D eigenvalue weighted by Crippen LogP contribution is -2.29. The van der Waals surface area contributed by atoms with E-state index in [2.05, 4.69) is 25.8 Å².